The second-order valence-corrected chi connectivity index (χ2v) is 5.45. The van der Waals surface area contributed by atoms with Crippen LogP contribution in [0.5, 0.6) is 0 Å². The van der Waals surface area contributed by atoms with Crippen molar-refractivity contribution in [2.45, 2.75) is 18.9 Å². The topological polar surface area (TPSA) is 59.3 Å². The molecule has 0 N–H and O–H groups in total. The molecule has 2 aromatic rings. The Morgan fingerprint density at radius 2 is 2.32 bits per heavy atom. The first-order chi connectivity index (χ1) is 9.27. The molecule has 3 rings (SSSR count). The van der Waals surface area contributed by atoms with Crippen molar-refractivity contribution < 1.29 is 4.92 Å². The molecule has 0 spiro atoms. The summed E-state index contributed by atoms with van der Waals surface area (Å²) in [5.74, 6) is 0.489. The van der Waals surface area contributed by atoms with E-state index in [0.717, 1.165) is 19.4 Å². The minimum atomic E-state index is -0.355. The molecule has 98 valence electrons. The Kier molecular flexibility index (Phi) is 3.16. The summed E-state index contributed by atoms with van der Waals surface area (Å²) in [5, 5.41) is 13.2. The highest BCUT2D eigenvalue weighted by atomic mass is 32.1. The molecule has 5 nitrogen and oxygen atoms in total. The lowest BCUT2D eigenvalue weighted by molar-refractivity contribution is -0.384. The standard InChI is InChI=1S/C13H13N3O2S/c17-16(18)11-4-1-7-14-13(11)15-8-2-5-10(15)12-6-3-9-19-12/h1,3-4,6-7,9-10H,2,5,8H2. The van der Waals surface area contributed by atoms with Gasteiger partial charge in [0, 0.05) is 23.7 Å². The Hall–Kier alpha value is -1.95. The fourth-order valence-corrected chi connectivity index (χ4v) is 3.42. The van der Waals surface area contributed by atoms with Gasteiger partial charge in [-0.2, -0.15) is 0 Å². The van der Waals surface area contributed by atoms with E-state index in [0.29, 0.717) is 5.82 Å². The summed E-state index contributed by atoms with van der Waals surface area (Å²) in [5.41, 5.74) is 0.0888. The lowest BCUT2D eigenvalue weighted by Crippen LogP contribution is -2.23. The van der Waals surface area contributed by atoms with Crippen molar-refractivity contribution in [2.75, 3.05) is 11.4 Å². The van der Waals surface area contributed by atoms with Crippen LogP contribution in [-0.2, 0) is 0 Å². The fourth-order valence-electron chi connectivity index (χ4n) is 2.55. The Morgan fingerprint density at radius 1 is 1.42 bits per heavy atom. The number of anilines is 1. The maximum atomic E-state index is 11.1. The third-order valence-corrected chi connectivity index (χ3v) is 4.33. The lowest BCUT2D eigenvalue weighted by atomic mass is 10.2. The van der Waals surface area contributed by atoms with E-state index in [1.165, 1.54) is 10.9 Å². The molecule has 1 atom stereocenters. The van der Waals surface area contributed by atoms with Gasteiger partial charge in [0.25, 0.3) is 0 Å². The first-order valence-electron chi connectivity index (χ1n) is 6.17. The quantitative estimate of drug-likeness (QED) is 0.636. The molecule has 0 saturated carbocycles. The summed E-state index contributed by atoms with van der Waals surface area (Å²) in [6, 6.07) is 7.45. The van der Waals surface area contributed by atoms with Crippen molar-refractivity contribution >= 4 is 22.8 Å². The number of nitrogens with zero attached hydrogens (tertiary/aromatic N) is 3. The number of thiophene rings is 1. The average molecular weight is 275 g/mol. The summed E-state index contributed by atoms with van der Waals surface area (Å²) < 4.78 is 0. The molecule has 0 aromatic carbocycles. The summed E-state index contributed by atoms with van der Waals surface area (Å²) in [4.78, 5) is 18.3. The van der Waals surface area contributed by atoms with E-state index in [1.807, 2.05) is 11.4 Å². The average Bonchev–Trinajstić information content (AvgIpc) is 3.09. The number of pyridine rings is 1. The van der Waals surface area contributed by atoms with Gasteiger partial charge in [-0.3, -0.25) is 10.1 Å². The Bertz CT molecular complexity index is 585. The van der Waals surface area contributed by atoms with Crippen LogP contribution in [0, 0.1) is 10.1 Å². The molecular formula is C13H13N3O2S. The molecule has 1 saturated heterocycles. The van der Waals surface area contributed by atoms with Gasteiger partial charge in [0.15, 0.2) is 0 Å². The number of nitro groups is 1. The first-order valence-corrected chi connectivity index (χ1v) is 7.05. The van der Waals surface area contributed by atoms with E-state index in [9.17, 15) is 10.1 Å². The molecule has 0 aliphatic carbocycles. The van der Waals surface area contributed by atoms with E-state index in [2.05, 4.69) is 16.0 Å². The van der Waals surface area contributed by atoms with Crippen LogP contribution in [0.15, 0.2) is 35.8 Å². The normalized spacial score (nSPS) is 18.7. The molecule has 0 amide bonds. The zero-order valence-electron chi connectivity index (χ0n) is 10.2. The van der Waals surface area contributed by atoms with Crippen molar-refractivity contribution in [3.63, 3.8) is 0 Å². The molecule has 1 unspecified atom stereocenters. The third-order valence-electron chi connectivity index (χ3n) is 3.36. The Morgan fingerprint density at radius 3 is 3.05 bits per heavy atom. The lowest BCUT2D eigenvalue weighted by Gasteiger charge is -2.24. The Labute approximate surface area is 114 Å². The summed E-state index contributed by atoms with van der Waals surface area (Å²) in [6.45, 7) is 0.820. The number of rotatable bonds is 3. The van der Waals surface area contributed by atoms with Crippen molar-refractivity contribution in [2.24, 2.45) is 0 Å². The van der Waals surface area contributed by atoms with Crippen LogP contribution in [0.2, 0.25) is 0 Å². The zero-order chi connectivity index (χ0) is 13.2. The SMILES string of the molecule is O=[N+]([O-])c1cccnc1N1CCCC1c1cccs1. The van der Waals surface area contributed by atoms with Crippen LogP contribution in [0.3, 0.4) is 0 Å². The second kappa shape index (κ2) is 4.97. The molecule has 0 bridgehead atoms. The number of aromatic nitrogens is 1. The molecule has 6 heteroatoms. The van der Waals surface area contributed by atoms with Crippen LogP contribution >= 0.6 is 11.3 Å². The second-order valence-electron chi connectivity index (χ2n) is 4.47. The van der Waals surface area contributed by atoms with Gasteiger partial charge in [-0.1, -0.05) is 6.07 Å². The van der Waals surface area contributed by atoms with Crippen LogP contribution in [0.25, 0.3) is 0 Å². The highest BCUT2D eigenvalue weighted by molar-refractivity contribution is 7.10. The van der Waals surface area contributed by atoms with Gasteiger partial charge in [-0.15, -0.1) is 11.3 Å². The van der Waals surface area contributed by atoms with Crippen molar-refractivity contribution in [3.05, 3.63) is 50.8 Å². The van der Waals surface area contributed by atoms with E-state index >= 15 is 0 Å². The molecule has 1 aliphatic heterocycles. The number of hydrogen-bond acceptors (Lipinski definition) is 5. The van der Waals surface area contributed by atoms with Crippen LogP contribution in [-0.4, -0.2) is 16.5 Å². The van der Waals surface area contributed by atoms with E-state index in [4.69, 9.17) is 0 Å². The third kappa shape index (κ3) is 2.19. The summed E-state index contributed by atoms with van der Waals surface area (Å²) in [7, 11) is 0. The highest BCUT2D eigenvalue weighted by Gasteiger charge is 2.32. The summed E-state index contributed by atoms with van der Waals surface area (Å²) in [6.07, 6.45) is 3.68. The van der Waals surface area contributed by atoms with Crippen molar-refractivity contribution in [1.82, 2.24) is 4.98 Å². The molecule has 0 radical (unpaired) electrons. The molecule has 2 aromatic heterocycles. The molecule has 1 aliphatic rings. The predicted octanol–water partition coefficient (Wildman–Crippen LogP) is 3.39. The van der Waals surface area contributed by atoms with Crippen molar-refractivity contribution in [3.8, 4) is 0 Å². The minimum Gasteiger partial charge on any atom is -0.343 e. The monoisotopic (exact) mass is 275 g/mol. The summed E-state index contributed by atoms with van der Waals surface area (Å²) >= 11 is 1.69. The largest absolute Gasteiger partial charge is 0.343 e. The highest BCUT2D eigenvalue weighted by Crippen LogP contribution is 2.40. The molecule has 3 heterocycles. The van der Waals surface area contributed by atoms with Gasteiger partial charge in [0.05, 0.1) is 11.0 Å². The maximum absolute atomic E-state index is 11.1. The Balaban J connectivity index is 1.99. The van der Waals surface area contributed by atoms with Gasteiger partial charge in [-0.05, 0) is 30.4 Å². The van der Waals surface area contributed by atoms with E-state index < -0.39 is 0 Å². The van der Waals surface area contributed by atoms with E-state index in [-0.39, 0.29) is 16.7 Å². The van der Waals surface area contributed by atoms with Crippen LogP contribution in [0.4, 0.5) is 11.5 Å². The first kappa shape index (κ1) is 12.1. The van der Waals surface area contributed by atoms with Gasteiger partial charge in [-0.25, -0.2) is 4.98 Å². The smallest absolute Gasteiger partial charge is 0.311 e. The van der Waals surface area contributed by atoms with Gasteiger partial charge < -0.3 is 4.90 Å². The molecule has 1 fully saturated rings. The molecule has 19 heavy (non-hydrogen) atoms. The number of hydrogen-bond donors (Lipinski definition) is 0. The van der Waals surface area contributed by atoms with Gasteiger partial charge in [0.1, 0.15) is 0 Å². The van der Waals surface area contributed by atoms with Crippen LogP contribution < -0.4 is 4.90 Å². The molecular weight excluding hydrogens is 262 g/mol. The van der Waals surface area contributed by atoms with Crippen molar-refractivity contribution in [1.29, 1.82) is 0 Å². The van der Waals surface area contributed by atoms with Gasteiger partial charge in [0.2, 0.25) is 5.82 Å². The zero-order valence-corrected chi connectivity index (χ0v) is 11.0. The predicted molar refractivity (Wildman–Crippen MR) is 74.5 cm³/mol. The maximum Gasteiger partial charge on any atom is 0.311 e. The van der Waals surface area contributed by atoms with Crippen LogP contribution in [0.1, 0.15) is 23.8 Å². The van der Waals surface area contributed by atoms with Gasteiger partial charge >= 0.3 is 5.69 Å². The fraction of sp³-hybridized carbons (Fsp3) is 0.308. The van der Waals surface area contributed by atoms with E-state index in [1.54, 1.807) is 23.6 Å². The minimum absolute atomic E-state index is 0.0888.